The van der Waals surface area contributed by atoms with Crippen molar-refractivity contribution in [2.24, 2.45) is 4.99 Å². The van der Waals surface area contributed by atoms with Crippen LogP contribution in [0.15, 0.2) is 71.2 Å². The third-order valence-electron chi connectivity index (χ3n) is 4.26. The van der Waals surface area contributed by atoms with Crippen molar-refractivity contribution in [3.05, 3.63) is 87.7 Å². The Hall–Kier alpha value is -2.79. The lowest BCUT2D eigenvalue weighted by Crippen LogP contribution is -2.21. The predicted octanol–water partition coefficient (Wildman–Crippen LogP) is 4.47. The molecule has 0 aliphatic carbocycles. The molecule has 4 nitrogen and oxygen atoms in total. The molecule has 5 heteroatoms. The number of carbonyl (C=O) groups is 2. The van der Waals surface area contributed by atoms with Crippen molar-refractivity contribution < 1.29 is 9.59 Å². The highest BCUT2D eigenvalue weighted by atomic mass is 32.1. The topological polar surface area (TPSA) is 51.4 Å². The Morgan fingerprint density at radius 2 is 1.63 bits per heavy atom. The molecular weight excluding hydrogens is 356 g/mol. The van der Waals surface area contributed by atoms with E-state index >= 15 is 0 Å². The fourth-order valence-electron chi connectivity index (χ4n) is 2.64. The van der Waals surface area contributed by atoms with Gasteiger partial charge < -0.3 is 4.57 Å². The number of hydrogen-bond acceptors (Lipinski definition) is 3. The Morgan fingerprint density at radius 3 is 2.26 bits per heavy atom. The van der Waals surface area contributed by atoms with Gasteiger partial charge >= 0.3 is 0 Å². The molecule has 0 aliphatic rings. The Bertz CT molecular complexity index is 1010. The second kappa shape index (κ2) is 7.84. The van der Waals surface area contributed by atoms with Gasteiger partial charge in [-0.15, -0.1) is 11.3 Å². The summed E-state index contributed by atoms with van der Waals surface area (Å²) in [6.07, 6.45) is 1.78. The van der Waals surface area contributed by atoms with Crippen molar-refractivity contribution in [2.75, 3.05) is 0 Å². The molecule has 0 atom stereocenters. The van der Waals surface area contributed by atoms with Gasteiger partial charge in [0, 0.05) is 22.7 Å². The Balaban J connectivity index is 1.81. The average molecular weight is 378 g/mol. The van der Waals surface area contributed by atoms with Gasteiger partial charge in [0.25, 0.3) is 5.91 Å². The van der Waals surface area contributed by atoms with Gasteiger partial charge in [0.1, 0.15) is 0 Å². The first kappa shape index (κ1) is 19.0. The van der Waals surface area contributed by atoms with Crippen LogP contribution in [0.1, 0.15) is 47.1 Å². The van der Waals surface area contributed by atoms with Crippen LogP contribution in [0.5, 0.6) is 0 Å². The monoisotopic (exact) mass is 378 g/mol. The van der Waals surface area contributed by atoms with E-state index in [2.05, 4.69) is 25.8 Å². The molecule has 27 heavy (non-hydrogen) atoms. The first-order chi connectivity index (χ1) is 12.8. The number of carbonyl (C=O) groups excluding carboxylic acids is 2. The molecule has 0 unspecified atom stereocenters. The molecule has 1 heterocycles. The molecule has 3 aromatic rings. The van der Waals surface area contributed by atoms with Gasteiger partial charge in [-0.2, -0.15) is 4.99 Å². The summed E-state index contributed by atoms with van der Waals surface area (Å²) in [5.41, 5.74) is 2.38. The zero-order valence-electron chi connectivity index (χ0n) is 15.7. The summed E-state index contributed by atoms with van der Waals surface area (Å²) in [6, 6.07) is 16.7. The number of aromatic nitrogens is 1. The van der Waals surface area contributed by atoms with Gasteiger partial charge in [0.2, 0.25) is 0 Å². The molecule has 2 aromatic carbocycles. The normalized spacial score (nSPS) is 12.2. The standard InChI is InChI=1S/C22H22N2O2S/c1-22(2,3)18-11-9-17(10-12-18)20(26)23-21-24(13-14-27-21)15-19(25)16-7-5-4-6-8-16/h4-14H,15H2,1-3H3. The van der Waals surface area contributed by atoms with Crippen molar-refractivity contribution >= 4 is 23.0 Å². The van der Waals surface area contributed by atoms with E-state index in [-0.39, 0.29) is 23.7 Å². The van der Waals surface area contributed by atoms with E-state index < -0.39 is 0 Å². The van der Waals surface area contributed by atoms with Crippen molar-refractivity contribution in [1.29, 1.82) is 0 Å². The summed E-state index contributed by atoms with van der Waals surface area (Å²) in [6.45, 7) is 6.55. The minimum absolute atomic E-state index is 0.0163. The third-order valence-corrected chi connectivity index (χ3v) is 5.06. The lowest BCUT2D eigenvalue weighted by atomic mass is 9.87. The predicted molar refractivity (Wildman–Crippen MR) is 108 cm³/mol. The zero-order valence-corrected chi connectivity index (χ0v) is 16.5. The molecule has 1 amide bonds. The van der Waals surface area contributed by atoms with Crippen LogP contribution < -0.4 is 4.80 Å². The van der Waals surface area contributed by atoms with E-state index in [0.29, 0.717) is 15.9 Å². The van der Waals surface area contributed by atoms with Gasteiger partial charge in [-0.3, -0.25) is 9.59 Å². The van der Waals surface area contributed by atoms with Gasteiger partial charge in [-0.05, 0) is 23.1 Å². The third kappa shape index (κ3) is 4.68. The molecule has 3 rings (SSSR count). The van der Waals surface area contributed by atoms with Crippen LogP contribution in [0.3, 0.4) is 0 Å². The number of ketones is 1. The molecule has 0 aliphatic heterocycles. The fourth-order valence-corrected chi connectivity index (χ4v) is 3.37. The van der Waals surface area contributed by atoms with Crippen LogP contribution in [-0.4, -0.2) is 16.3 Å². The molecular formula is C22H22N2O2S. The van der Waals surface area contributed by atoms with Gasteiger partial charge in [-0.1, -0.05) is 63.2 Å². The first-order valence-corrected chi connectivity index (χ1v) is 9.64. The van der Waals surface area contributed by atoms with E-state index in [1.165, 1.54) is 16.9 Å². The smallest absolute Gasteiger partial charge is 0.279 e. The maximum atomic E-state index is 12.5. The maximum Gasteiger partial charge on any atom is 0.279 e. The summed E-state index contributed by atoms with van der Waals surface area (Å²) < 4.78 is 1.71. The molecule has 0 fully saturated rings. The van der Waals surface area contributed by atoms with Crippen molar-refractivity contribution in [3.8, 4) is 0 Å². The van der Waals surface area contributed by atoms with E-state index in [1.54, 1.807) is 35.0 Å². The Kier molecular flexibility index (Phi) is 5.51. The largest absolute Gasteiger partial charge is 0.316 e. The molecule has 138 valence electrons. The second-order valence-electron chi connectivity index (χ2n) is 7.35. The van der Waals surface area contributed by atoms with Crippen LogP contribution >= 0.6 is 11.3 Å². The lowest BCUT2D eigenvalue weighted by Gasteiger charge is -2.18. The van der Waals surface area contributed by atoms with E-state index in [9.17, 15) is 9.59 Å². The molecule has 1 aromatic heterocycles. The van der Waals surface area contributed by atoms with Crippen molar-refractivity contribution in [1.82, 2.24) is 4.57 Å². The Morgan fingerprint density at radius 1 is 0.963 bits per heavy atom. The minimum Gasteiger partial charge on any atom is -0.316 e. The quantitative estimate of drug-likeness (QED) is 0.629. The fraction of sp³-hybridized carbons (Fsp3) is 0.227. The summed E-state index contributed by atoms with van der Waals surface area (Å²) in [4.78, 5) is 29.7. The second-order valence-corrected chi connectivity index (χ2v) is 8.22. The molecule has 0 N–H and O–H groups in total. The van der Waals surface area contributed by atoms with Gasteiger partial charge in [-0.25, -0.2) is 0 Å². The summed E-state index contributed by atoms with van der Waals surface area (Å²) in [5.74, 6) is -0.323. The zero-order chi connectivity index (χ0) is 19.4. The lowest BCUT2D eigenvalue weighted by molar-refractivity contribution is 0.0963. The van der Waals surface area contributed by atoms with Crippen LogP contribution in [0.25, 0.3) is 0 Å². The molecule has 0 bridgehead atoms. The van der Waals surface area contributed by atoms with Crippen LogP contribution in [0.2, 0.25) is 0 Å². The number of rotatable bonds is 4. The van der Waals surface area contributed by atoms with E-state index in [1.807, 2.05) is 35.7 Å². The number of Topliss-reactive ketones (excluding diaryl/α,β-unsaturated/α-hetero) is 1. The van der Waals surface area contributed by atoms with E-state index in [4.69, 9.17) is 0 Å². The Labute approximate surface area is 162 Å². The van der Waals surface area contributed by atoms with Crippen molar-refractivity contribution in [3.63, 3.8) is 0 Å². The highest BCUT2D eigenvalue weighted by Gasteiger charge is 2.14. The number of thiazole rings is 1. The summed E-state index contributed by atoms with van der Waals surface area (Å²) in [5, 5.41) is 1.83. The van der Waals surface area contributed by atoms with Crippen LogP contribution in [0.4, 0.5) is 0 Å². The van der Waals surface area contributed by atoms with Gasteiger partial charge in [0.05, 0.1) is 6.54 Å². The summed E-state index contributed by atoms with van der Waals surface area (Å²) >= 11 is 1.34. The van der Waals surface area contributed by atoms with Crippen LogP contribution in [0, 0.1) is 0 Å². The highest BCUT2D eigenvalue weighted by molar-refractivity contribution is 7.07. The number of hydrogen-bond donors (Lipinski definition) is 0. The number of amides is 1. The maximum absolute atomic E-state index is 12.5. The molecule has 0 saturated carbocycles. The summed E-state index contributed by atoms with van der Waals surface area (Å²) in [7, 11) is 0. The highest BCUT2D eigenvalue weighted by Crippen LogP contribution is 2.22. The molecule has 0 saturated heterocycles. The van der Waals surface area contributed by atoms with Crippen molar-refractivity contribution in [2.45, 2.75) is 32.7 Å². The average Bonchev–Trinajstić information content (AvgIpc) is 3.08. The van der Waals surface area contributed by atoms with Crippen LogP contribution in [-0.2, 0) is 12.0 Å². The SMILES string of the molecule is CC(C)(C)c1ccc(C(=O)N=c2sccn2CC(=O)c2ccccc2)cc1. The minimum atomic E-state index is -0.307. The van der Waals surface area contributed by atoms with Gasteiger partial charge in [0.15, 0.2) is 10.6 Å². The number of nitrogens with zero attached hydrogens (tertiary/aromatic N) is 2. The van der Waals surface area contributed by atoms with E-state index in [0.717, 1.165) is 0 Å². The first-order valence-electron chi connectivity index (χ1n) is 8.76. The molecule has 0 spiro atoms. The molecule has 0 radical (unpaired) electrons. The number of benzene rings is 2.